The molecule has 0 saturated heterocycles. The van der Waals surface area contributed by atoms with E-state index in [-0.39, 0.29) is 29.7 Å². The number of phenols is 3. The van der Waals surface area contributed by atoms with E-state index in [2.05, 4.69) is 0 Å². The zero-order valence-electron chi connectivity index (χ0n) is 19.2. The van der Waals surface area contributed by atoms with Crippen molar-refractivity contribution in [2.24, 2.45) is 0 Å². The second-order valence-electron chi connectivity index (χ2n) is 8.90. The van der Waals surface area contributed by atoms with Gasteiger partial charge in [0.1, 0.15) is 11.1 Å². The molecule has 3 aliphatic rings. The molecule has 2 aromatic carbocycles. The van der Waals surface area contributed by atoms with E-state index < -0.39 is 85.9 Å². The number of allylic oxidation sites excluding steroid dienone is 1. The van der Waals surface area contributed by atoms with Crippen molar-refractivity contribution in [3.63, 3.8) is 0 Å². The third-order valence-electron chi connectivity index (χ3n) is 6.86. The highest BCUT2D eigenvalue weighted by Crippen LogP contribution is 2.52. The molecule has 2 aliphatic heterocycles. The number of hydrogen-bond donors (Lipinski definition) is 5. The van der Waals surface area contributed by atoms with Crippen molar-refractivity contribution in [1.82, 2.24) is 0 Å². The van der Waals surface area contributed by atoms with Gasteiger partial charge in [-0.3, -0.25) is 9.59 Å². The molecule has 5 N–H and O–H groups in total. The Morgan fingerprint density at radius 1 is 1.03 bits per heavy atom. The van der Waals surface area contributed by atoms with Crippen LogP contribution in [0.15, 0.2) is 38.7 Å². The molecule has 13 nitrogen and oxygen atoms in total. The number of benzene rings is 2. The van der Waals surface area contributed by atoms with Crippen LogP contribution in [0.3, 0.4) is 0 Å². The molecule has 0 amide bonds. The van der Waals surface area contributed by atoms with Crippen LogP contribution in [0.25, 0.3) is 10.8 Å². The van der Waals surface area contributed by atoms with Gasteiger partial charge in [-0.2, -0.15) is 0 Å². The standard InChI is InChI=1S/C25H16O13/c1-35-10-6-9(26)13-14(16(10)27)19(30)21-15(17(13)28)22(31)25(38-21)3-2-7-4-8-5-11(23(32)33)36-24(34)12(8)18(29)20(7)37-25/h4-6,22,26-27,29,31H,2-3H2,1H3,(H,32,33)/t22-,25-/m0/s1. The molecular weight excluding hydrogens is 508 g/mol. The zero-order valence-corrected chi connectivity index (χ0v) is 19.2. The number of hydrogen-bond acceptors (Lipinski definition) is 12. The molecule has 38 heavy (non-hydrogen) atoms. The summed E-state index contributed by atoms with van der Waals surface area (Å²) >= 11 is 0. The highest BCUT2D eigenvalue weighted by Gasteiger charge is 2.59. The second-order valence-corrected chi connectivity index (χ2v) is 8.90. The number of carboxylic acids is 1. The molecule has 1 aliphatic carbocycles. The van der Waals surface area contributed by atoms with Crippen molar-refractivity contribution < 1.29 is 58.5 Å². The number of aliphatic hydroxyl groups is 1. The summed E-state index contributed by atoms with van der Waals surface area (Å²) in [6.07, 6.45) is -1.98. The topological polar surface area (TPSA) is 210 Å². The minimum atomic E-state index is -2.09. The third kappa shape index (κ3) is 2.84. The van der Waals surface area contributed by atoms with Gasteiger partial charge in [-0.05, 0) is 29.5 Å². The van der Waals surface area contributed by atoms with E-state index >= 15 is 0 Å². The lowest BCUT2D eigenvalue weighted by Crippen LogP contribution is -2.49. The minimum absolute atomic E-state index is 0.0404. The van der Waals surface area contributed by atoms with Crippen LogP contribution in [0.2, 0.25) is 0 Å². The number of aromatic hydroxyl groups is 3. The lowest BCUT2D eigenvalue weighted by atomic mass is 9.83. The van der Waals surface area contributed by atoms with Crippen molar-refractivity contribution in [1.29, 1.82) is 0 Å². The molecule has 1 aromatic heterocycles. The van der Waals surface area contributed by atoms with Crippen LogP contribution in [-0.2, 0) is 11.2 Å². The zero-order chi connectivity index (χ0) is 27.3. The molecule has 0 unspecified atom stereocenters. The van der Waals surface area contributed by atoms with Crippen molar-refractivity contribution in [2.75, 3.05) is 7.11 Å². The van der Waals surface area contributed by atoms with Crippen LogP contribution in [0.1, 0.15) is 43.3 Å². The number of carboxylic acid groups (broad SMARTS) is 1. The fourth-order valence-electron chi connectivity index (χ4n) is 5.09. The van der Waals surface area contributed by atoms with Crippen LogP contribution in [0.4, 0.5) is 0 Å². The summed E-state index contributed by atoms with van der Waals surface area (Å²) in [6, 6.07) is 3.41. The number of methoxy groups -OCH3 is 1. The third-order valence-corrected chi connectivity index (χ3v) is 6.86. The molecule has 0 radical (unpaired) electrons. The van der Waals surface area contributed by atoms with E-state index in [9.17, 15) is 39.6 Å². The Balaban J connectivity index is 1.45. The second kappa shape index (κ2) is 7.49. The van der Waals surface area contributed by atoms with Crippen molar-refractivity contribution in [2.45, 2.75) is 24.7 Å². The van der Waals surface area contributed by atoms with Gasteiger partial charge in [-0.15, -0.1) is 0 Å². The first kappa shape index (κ1) is 23.4. The Kier molecular flexibility index (Phi) is 4.60. The predicted molar refractivity (Wildman–Crippen MR) is 122 cm³/mol. The molecule has 0 fully saturated rings. The van der Waals surface area contributed by atoms with Crippen molar-refractivity contribution >= 4 is 28.3 Å². The summed E-state index contributed by atoms with van der Waals surface area (Å²) in [5.41, 5.74) is -2.48. The summed E-state index contributed by atoms with van der Waals surface area (Å²) in [4.78, 5) is 50.3. The van der Waals surface area contributed by atoms with Gasteiger partial charge in [0.2, 0.25) is 11.5 Å². The number of ether oxygens (including phenoxy) is 3. The predicted octanol–water partition coefficient (Wildman–Crippen LogP) is 1.36. The van der Waals surface area contributed by atoms with E-state index in [0.717, 1.165) is 12.1 Å². The fourth-order valence-corrected chi connectivity index (χ4v) is 5.09. The summed E-state index contributed by atoms with van der Waals surface area (Å²) in [5, 5.41) is 51.8. The van der Waals surface area contributed by atoms with Gasteiger partial charge < -0.3 is 44.2 Å². The Hall–Kier alpha value is -5.04. The van der Waals surface area contributed by atoms with Crippen LogP contribution in [0.5, 0.6) is 28.7 Å². The highest BCUT2D eigenvalue weighted by molar-refractivity contribution is 6.29. The molecule has 3 heterocycles. The average Bonchev–Trinajstić information content (AvgIpc) is 3.15. The van der Waals surface area contributed by atoms with E-state index in [1.807, 2.05) is 0 Å². The van der Waals surface area contributed by atoms with Crippen LogP contribution in [0, 0.1) is 0 Å². The van der Waals surface area contributed by atoms with Crippen molar-refractivity contribution in [3.8, 4) is 28.7 Å². The number of phenolic OH excluding ortho intramolecular Hbond substituents is 3. The first-order chi connectivity index (χ1) is 18.0. The van der Waals surface area contributed by atoms with Gasteiger partial charge in [0.05, 0.1) is 23.8 Å². The lowest BCUT2D eigenvalue weighted by Gasteiger charge is -2.37. The maximum atomic E-state index is 13.3. The number of ketones is 2. The molecule has 6 rings (SSSR count). The number of fused-ring (bicyclic) bond motifs is 3. The Morgan fingerprint density at radius 2 is 1.76 bits per heavy atom. The molecular formula is C25H16O13. The minimum Gasteiger partial charge on any atom is -0.507 e. The largest absolute Gasteiger partial charge is 0.507 e. The van der Waals surface area contributed by atoms with Gasteiger partial charge in [0.25, 0.3) is 5.79 Å². The molecule has 194 valence electrons. The Labute approximate surface area is 210 Å². The first-order valence-electron chi connectivity index (χ1n) is 11.1. The summed E-state index contributed by atoms with van der Waals surface area (Å²) in [5.74, 6) is -9.52. The fraction of sp³-hybridized carbons (Fsp3) is 0.200. The lowest BCUT2D eigenvalue weighted by molar-refractivity contribution is -0.195. The van der Waals surface area contributed by atoms with Gasteiger partial charge in [0, 0.05) is 12.5 Å². The van der Waals surface area contributed by atoms with E-state index in [1.54, 1.807) is 0 Å². The number of aromatic carboxylic acids is 1. The Bertz CT molecular complexity index is 1740. The smallest absolute Gasteiger partial charge is 0.371 e. The molecule has 3 aromatic rings. The van der Waals surface area contributed by atoms with E-state index in [0.29, 0.717) is 5.56 Å². The number of carbonyl (C=O) groups excluding carboxylic acids is 2. The van der Waals surface area contributed by atoms with Crippen LogP contribution < -0.4 is 15.1 Å². The van der Waals surface area contributed by atoms with Gasteiger partial charge in [0.15, 0.2) is 40.6 Å². The maximum absolute atomic E-state index is 13.3. The van der Waals surface area contributed by atoms with E-state index in [4.69, 9.17) is 23.7 Å². The van der Waals surface area contributed by atoms with Gasteiger partial charge in [-0.25, -0.2) is 9.59 Å². The van der Waals surface area contributed by atoms with Gasteiger partial charge >= 0.3 is 11.6 Å². The normalized spacial score (nSPS) is 21.6. The monoisotopic (exact) mass is 524 g/mol. The number of aryl methyl sites for hydroxylation is 1. The SMILES string of the molecule is COc1cc(O)c2c(c1O)C(=O)C1=C(C2=O)[C@H](O)[C@]2(CCc3cc4cc(C(=O)O)oc(=O)c4c(O)c3O2)O1. The quantitative estimate of drug-likeness (QED) is 0.300. The molecule has 2 atom stereocenters. The van der Waals surface area contributed by atoms with Crippen molar-refractivity contribution in [3.05, 3.63) is 62.4 Å². The maximum Gasteiger partial charge on any atom is 0.371 e. The number of aliphatic hydroxyl groups excluding tert-OH is 1. The molecule has 13 heteroatoms. The van der Waals surface area contributed by atoms with Gasteiger partial charge in [-0.1, -0.05) is 0 Å². The van der Waals surface area contributed by atoms with E-state index in [1.165, 1.54) is 13.2 Å². The summed E-state index contributed by atoms with van der Waals surface area (Å²) in [6.45, 7) is 0. The average molecular weight is 524 g/mol. The van der Waals surface area contributed by atoms with Crippen LogP contribution in [-0.4, -0.2) is 62.1 Å². The molecule has 0 saturated carbocycles. The Morgan fingerprint density at radius 3 is 2.45 bits per heavy atom. The number of Topliss-reactive ketones (excluding diaryl/α,β-unsaturated/α-hetero) is 2. The molecule has 1 spiro atoms. The summed E-state index contributed by atoms with van der Waals surface area (Å²) in [7, 11) is 1.18. The first-order valence-corrected chi connectivity index (χ1v) is 11.1. The van der Waals surface area contributed by atoms with Crippen LogP contribution >= 0.6 is 0 Å². The number of carbonyl (C=O) groups is 3. The highest BCUT2D eigenvalue weighted by atomic mass is 16.7. The molecule has 0 bridgehead atoms. The number of rotatable bonds is 2. The summed E-state index contributed by atoms with van der Waals surface area (Å²) < 4.78 is 21.2.